The van der Waals surface area contributed by atoms with E-state index in [2.05, 4.69) is 10.6 Å². The number of amides is 3. The molecule has 0 saturated heterocycles. The Labute approximate surface area is 113 Å². The fraction of sp³-hybridized carbons (Fsp3) is 0.833. The lowest BCUT2D eigenvalue weighted by Crippen LogP contribution is -2.63. The zero-order valence-electron chi connectivity index (χ0n) is 11.2. The van der Waals surface area contributed by atoms with Crippen molar-refractivity contribution in [1.29, 1.82) is 0 Å². The van der Waals surface area contributed by atoms with Crippen molar-refractivity contribution in [2.75, 3.05) is 6.61 Å². The van der Waals surface area contributed by atoms with Gasteiger partial charge in [-0.3, -0.25) is 10.1 Å². The normalized spacial score (nSPS) is 26.9. The van der Waals surface area contributed by atoms with Crippen molar-refractivity contribution >= 4 is 23.5 Å². The molecule has 0 aliphatic heterocycles. The molecule has 0 spiro atoms. The molecule has 6 heteroatoms. The first kappa shape index (κ1) is 15.2. The van der Waals surface area contributed by atoms with E-state index in [1.165, 1.54) is 6.92 Å². The summed E-state index contributed by atoms with van der Waals surface area (Å²) in [5.74, 6) is -0.493. The molecule has 5 nitrogen and oxygen atoms in total. The van der Waals surface area contributed by atoms with Crippen molar-refractivity contribution in [3.63, 3.8) is 0 Å². The Morgan fingerprint density at radius 3 is 2.56 bits per heavy atom. The van der Waals surface area contributed by atoms with Gasteiger partial charge in [-0.05, 0) is 20.3 Å². The third-order valence-corrected chi connectivity index (χ3v) is 3.65. The van der Waals surface area contributed by atoms with Crippen LogP contribution < -0.4 is 10.6 Å². The summed E-state index contributed by atoms with van der Waals surface area (Å²) in [6.07, 6.45) is 0.911. The van der Waals surface area contributed by atoms with Crippen LogP contribution in [0.25, 0.3) is 0 Å². The van der Waals surface area contributed by atoms with Gasteiger partial charge in [0.1, 0.15) is 5.38 Å². The molecule has 0 heterocycles. The molecule has 0 aromatic rings. The highest BCUT2D eigenvalue weighted by atomic mass is 35.5. The maximum Gasteiger partial charge on any atom is 0.321 e. The zero-order chi connectivity index (χ0) is 13.9. The predicted molar refractivity (Wildman–Crippen MR) is 69.6 cm³/mol. The lowest BCUT2D eigenvalue weighted by molar-refractivity contribution is -0.120. The Balaban J connectivity index is 2.41. The van der Waals surface area contributed by atoms with E-state index < -0.39 is 17.3 Å². The van der Waals surface area contributed by atoms with Gasteiger partial charge in [-0.15, -0.1) is 11.6 Å². The van der Waals surface area contributed by atoms with Crippen LogP contribution in [-0.2, 0) is 9.53 Å². The van der Waals surface area contributed by atoms with Gasteiger partial charge in [0, 0.05) is 18.1 Å². The predicted octanol–water partition coefficient (Wildman–Crippen LogP) is 1.64. The molecule has 0 radical (unpaired) electrons. The summed E-state index contributed by atoms with van der Waals surface area (Å²) in [7, 11) is 0. The second-order valence-corrected chi connectivity index (χ2v) is 5.79. The van der Waals surface area contributed by atoms with Crippen LogP contribution in [0.5, 0.6) is 0 Å². The van der Waals surface area contributed by atoms with Crippen LogP contribution in [0.15, 0.2) is 0 Å². The molecule has 18 heavy (non-hydrogen) atoms. The van der Waals surface area contributed by atoms with Gasteiger partial charge in [0.15, 0.2) is 0 Å². The van der Waals surface area contributed by atoms with Gasteiger partial charge in [-0.1, -0.05) is 13.8 Å². The third-order valence-electron chi connectivity index (χ3n) is 3.45. The van der Waals surface area contributed by atoms with Gasteiger partial charge < -0.3 is 10.1 Å². The molecule has 0 aromatic carbocycles. The first-order chi connectivity index (χ1) is 8.28. The van der Waals surface area contributed by atoms with E-state index in [9.17, 15) is 9.59 Å². The number of carbonyl (C=O) groups is 2. The SMILES string of the molecule is CCOC1CC(NC(=O)NC(=O)C(C)Cl)C1(C)C. The fourth-order valence-electron chi connectivity index (χ4n) is 2.02. The third kappa shape index (κ3) is 3.36. The van der Waals surface area contributed by atoms with E-state index in [1.54, 1.807) is 0 Å². The summed E-state index contributed by atoms with van der Waals surface area (Å²) in [6, 6.07) is -0.493. The number of halogens is 1. The van der Waals surface area contributed by atoms with Crippen LogP contribution >= 0.6 is 11.6 Å². The minimum atomic E-state index is -0.721. The van der Waals surface area contributed by atoms with Crippen LogP contribution in [0.2, 0.25) is 0 Å². The molecule has 104 valence electrons. The Bertz CT molecular complexity index is 331. The van der Waals surface area contributed by atoms with E-state index in [0.29, 0.717) is 6.61 Å². The van der Waals surface area contributed by atoms with Crippen LogP contribution in [0.3, 0.4) is 0 Å². The molecule has 1 saturated carbocycles. The molecule has 1 rings (SSSR count). The molecule has 2 N–H and O–H groups in total. The fourth-order valence-corrected chi connectivity index (χ4v) is 2.07. The number of hydrogen-bond donors (Lipinski definition) is 2. The average Bonchev–Trinajstić information content (AvgIpc) is 2.27. The Morgan fingerprint density at radius 1 is 1.50 bits per heavy atom. The summed E-state index contributed by atoms with van der Waals surface area (Å²) in [4.78, 5) is 22.8. The van der Waals surface area contributed by atoms with E-state index >= 15 is 0 Å². The Morgan fingerprint density at radius 2 is 2.11 bits per heavy atom. The summed E-state index contributed by atoms with van der Waals surface area (Å²) < 4.78 is 5.56. The summed E-state index contributed by atoms with van der Waals surface area (Å²) in [5.41, 5.74) is -0.122. The van der Waals surface area contributed by atoms with Gasteiger partial charge >= 0.3 is 6.03 Å². The van der Waals surface area contributed by atoms with Crippen molar-refractivity contribution in [2.45, 2.75) is 51.6 Å². The molecule has 1 aliphatic carbocycles. The first-order valence-electron chi connectivity index (χ1n) is 6.16. The molecule has 1 aliphatic rings. The number of urea groups is 1. The van der Waals surface area contributed by atoms with Crippen molar-refractivity contribution in [1.82, 2.24) is 10.6 Å². The number of carbonyl (C=O) groups excluding carboxylic acids is 2. The zero-order valence-corrected chi connectivity index (χ0v) is 12.0. The van der Waals surface area contributed by atoms with E-state index in [-0.39, 0.29) is 17.6 Å². The molecule has 0 bridgehead atoms. The average molecular weight is 277 g/mol. The van der Waals surface area contributed by atoms with E-state index in [1.807, 2.05) is 20.8 Å². The van der Waals surface area contributed by atoms with Gasteiger partial charge in [0.25, 0.3) is 0 Å². The minimum Gasteiger partial charge on any atom is -0.378 e. The number of imide groups is 1. The van der Waals surface area contributed by atoms with Gasteiger partial charge in [0.2, 0.25) is 5.91 Å². The standard InChI is InChI=1S/C12H21ClN2O3/c1-5-18-9-6-8(12(9,3)4)14-11(17)15-10(16)7(2)13/h7-9H,5-6H2,1-4H3,(H2,14,15,16,17). The summed E-state index contributed by atoms with van der Waals surface area (Å²) in [5, 5.41) is 4.25. The largest absolute Gasteiger partial charge is 0.378 e. The maximum absolute atomic E-state index is 11.6. The highest BCUT2D eigenvalue weighted by molar-refractivity contribution is 6.31. The van der Waals surface area contributed by atoms with E-state index in [0.717, 1.165) is 6.42 Å². The number of alkyl halides is 1. The lowest BCUT2D eigenvalue weighted by atomic mass is 9.64. The smallest absolute Gasteiger partial charge is 0.321 e. The molecular weight excluding hydrogens is 256 g/mol. The molecule has 3 atom stereocenters. The molecule has 3 amide bonds. The van der Waals surface area contributed by atoms with E-state index in [4.69, 9.17) is 16.3 Å². The molecule has 0 aromatic heterocycles. The number of hydrogen-bond acceptors (Lipinski definition) is 3. The van der Waals surface area contributed by atoms with Crippen molar-refractivity contribution in [2.24, 2.45) is 5.41 Å². The Hall–Kier alpha value is -0.810. The Kier molecular flexibility index (Phi) is 4.99. The second kappa shape index (κ2) is 5.89. The van der Waals surface area contributed by atoms with Crippen LogP contribution in [0.4, 0.5) is 4.79 Å². The molecule has 1 fully saturated rings. The van der Waals surface area contributed by atoms with Crippen LogP contribution in [-0.4, -0.2) is 36.1 Å². The molecular formula is C12H21ClN2O3. The van der Waals surface area contributed by atoms with Crippen LogP contribution in [0.1, 0.15) is 34.1 Å². The van der Waals surface area contributed by atoms with Crippen molar-refractivity contribution < 1.29 is 14.3 Å². The highest BCUT2D eigenvalue weighted by Gasteiger charge is 2.49. The van der Waals surface area contributed by atoms with Gasteiger partial charge in [-0.2, -0.15) is 0 Å². The second-order valence-electron chi connectivity index (χ2n) is 5.13. The highest BCUT2D eigenvalue weighted by Crippen LogP contribution is 2.42. The van der Waals surface area contributed by atoms with Crippen molar-refractivity contribution in [3.05, 3.63) is 0 Å². The topological polar surface area (TPSA) is 67.4 Å². The van der Waals surface area contributed by atoms with Gasteiger partial charge in [0.05, 0.1) is 6.10 Å². The van der Waals surface area contributed by atoms with Crippen molar-refractivity contribution in [3.8, 4) is 0 Å². The van der Waals surface area contributed by atoms with Gasteiger partial charge in [-0.25, -0.2) is 4.79 Å². The number of nitrogens with one attached hydrogen (secondary N) is 2. The lowest BCUT2D eigenvalue weighted by Gasteiger charge is -2.51. The number of rotatable bonds is 4. The maximum atomic E-state index is 11.6. The minimum absolute atomic E-state index is 0.00693. The quantitative estimate of drug-likeness (QED) is 0.767. The first-order valence-corrected chi connectivity index (χ1v) is 6.59. The summed E-state index contributed by atoms with van der Waals surface area (Å²) in [6.45, 7) is 8.20. The van der Waals surface area contributed by atoms with Crippen LogP contribution in [0, 0.1) is 5.41 Å². The number of ether oxygens (including phenoxy) is 1. The summed E-state index contributed by atoms with van der Waals surface area (Å²) >= 11 is 5.57. The molecule has 3 unspecified atom stereocenters. The monoisotopic (exact) mass is 276 g/mol.